The van der Waals surface area contributed by atoms with Crippen molar-refractivity contribution < 1.29 is 13.9 Å². The van der Waals surface area contributed by atoms with Gasteiger partial charge in [0.15, 0.2) is 0 Å². The molecule has 1 amide bonds. The molecule has 3 fully saturated rings. The molecule has 1 unspecified atom stereocenters. The number of fused-ring (bicyclic) bond motifs is 1. The van der Waals surface area contributed by atoms with Crippen LogP contribution in [0.3, 0.4) is 0 Å². The van der Waals surface area contributed by atoms with Gasteiger partial charge in [0.2, 0.25) is 0 Å². The number of carbonyl (C=O) groups is 1. The topological polar surface area (TPSA) is 70.8 Å². The number of ether oxygens (including phenoxy) is 1. The molecule has 0 spiro atoms. The second-order valence-corrected chi connectivity index (χ2v) is 11.3. The summed E-state index contributed by atoms with van der Waals surface area (Å²) in [5, 5.41) is 3.27. The molecule has 1 saturated carbocycles. The molecule has 1 N–H and O–H groups in total. The molecule has 2 aliphatic carbocycles. The van der Waals surface area contributed by atoms with Crippen LogP contribution in [0.2, 0.25) is 0 Å². The Morgan fingerprint density at radius 2 is 1.87 bits per heavy atom. The van der Waals surface area contributed by atoms with Crippen LogP contribution in [-0.4, -0.2) is 61.2 Å². The van der Waals surface area contributed by atoms with Gasteiger partial charge in [-0.1, -0.05) is 18.6 Å². The van der Waals surface area contributed by atoms with Crippen molar-refractivity contribution >= 4 is 11.7 Å². The number of morpholine rings is 1. The third-order valence-electron chi connectivity index (χ3n) is 8.80. The van der Waals surface area contributed by atoms with Crippen molar-refractivity contribution in [2.75, 3.05) is 44.3 Å². The third-order valence-corrected chi connectivity index (χ3v) is 8.80. The van der Waals surface area contributed by atoms with Crippen LogP contribution < -0.4 is 10.2 Å². The number of carbonyl (C=O) groups excluding carboxylic acids is 1. The van der Waals surface area contributed by atoms with E-state index in [-0.39, 0.29) is 11.9 Å². The molecule has 7 nitrogen and oxygen atoms in total. The van der Waals surface area contributed by atoms with Crippen molar-refractivity contribution in [1.82, 2.24) is 15.2 Å². The van der Waals surface area contributed by atoms with Crippen LogP contribution in [0.5, 0.6) is 0 Å². The second kappa shape index (κ2) is 11.9. The first-order chi connectivity index (χ1) is 18.7. The van der Waals surface area contributed by atoms with E-state index >= 15 is 0 Å². The Labute approximate surface area is 225 Å². The molecular weight excluding hydrogens is 476 g/mol. The van der Waals surface area contributed by atoms with Crippen LogP contribution in [0.1, 0.15) is 73.3 Å². The number of likely N-dealkylation sites (tertiary alicyclic amines) is 1. The lowest BCUT2D eigenvalue weighted by Gasteiger charge is -2.37. The predicted octanol–water partition coefficient (Wildman–Crippen LogP) is 5.52. The fourth-order valence-electron chi connectivity index (χ4n) is 6.51. The molecule has 3 aliphatic heterocycles. The van der Waals surface area contributed by atoms with Crippen molar-refractivity contribution in [3.63, 3.8) is 0 Å². The number of aromatic nitrogens is 1. The fraction of sp³-hybridized carbons (Fsp3) is 0.548. The number of pyridine rings is 1. The van der Waals surface area contributed by atoms with Gasteiger partial charge in [0.1, 0.15) is 11.6 Å². The van der Waals surface area contributed by atoms with E-state index in [1.807, 2.05) is 24.5 Å². The summed E-state index contributed by atoms with van der Waals surface area (Å²) in [4.78, 5) is 22.3. The minimum absolute atomic E-state index is 0.00200. The molecule has 5 aliphatic rings. The number of rotatable bonds is 7. The number of anilines is 1. The monoisotopic (exact) mass is 516 g/mol. The van der Waals surface area contributed by atoms with Crippen molar-refractivity contribution in [2.24, 2.45) is 5.92 Å². The molecule has 1 atom stereocenters. The van der Waals surface area contributed by atoms with Crippen molar-refractivity contribution in [2.45, 2.75) is 63.5 Å². The normalized spacial score (nSPS) is 24.9. The molecule has 6 rings (SSSR count). The Hall–Kier alpha value is -2.90. The average Bonchev–Trinajstić information content (AvgIpc) is 3.46. The second-order valence-electron chi connectivity index (χ2n) is 11.3. The van der Waals surface area contributed by atoms with Gasteiger partial charge in [-0.2, -0.15) is 0 Å². The summed E-state index contributed by atoms with van der Waals surface area (Å²) < 4.78 is 11.3. The Bertz CT molecular complexity index is 1150. The van der Waals surface area contributed by atoms with Crippen molar-refractivity contribution in [3.05, 3.63) is 60.0 Å². The van der Waals surface area contributed by atoms with E-state index in [4.69, 9.17) is 9.15 Å². The first-order valence-electron chi connectivity index (χ1n) is 14.5. The summed E-state index contributed by atoms with van der Waals surface area (Å²) in [6.07, 6.45) is 13.2. The highest BCUT2D eigenvalue weighted by molar-refractivity contribution is 5.94. The van der Waals surface area contributed by atoms with E-state index in [9.17, 15) is 4.79 Å². The fourth-order valence-corrected chi connectivity index (χ4v) is 6.51. The van der Waals surface area contributed by atoms with Gasteiger partial charge >= 0.3 is 0 Å². The molecule has 2 saturated heterocycles. The third kappa shape index (κ3) is 5.89. The highest BCUT2D eigenvalue weighted by Crippen LogP contribution is 2.36. The maximum Gasteiger partial charge on any atom is 0.253 e. The van der Waals surface area contributed by atoms with Crippen LogP contribution in [0.25, 0.3) is 11.3 Å². The van der Waals surface area contributed by atoms with Crippen LogP contribution in [0.4, 0.5) is 5.82 Å². The van der Waals surface area contributed by atoms with E-state index in [2.05, 4.69) is 38.3 Å². The lowest BCUT2D eigenvalue weighted by Crippen LogP contribution is -2.39. The van der Waals surface area contributed by atoms with E-state index in [1.165, 1.54) is 56.2 Å². The van der Waals surface area contributed by atoms with E-state index in [1.54, 1.807) is 6.20 Å². The molecule has 0 bridgehead atoms. The van der Waals surface area contributed by atoms with Crippen LogP contribution >= 0.6 is 0 Å². The largest absolute Gasteiger partial charge is 0.464 e. The van der Waals surface area contributed by atoms with E-state index in [0.29, 0.717) is 11.6 Å². The first kappa shape index (κ1) is 25.4. The van der Waals surface area contributed by atoms with Gasteiger partial charge in [0.05, 0.1) is 25.0 Å². The number of nitrogens with one attached hydrogen (secondary N) is 1. The molecule has 0 aromatic carbocycles. The van der Waals surface area contributed by atoms with Crippen LogP contribution in [-0.2, 0) is 4.74 Å². The molecular formula is C31H40N4O3. The summed E-state index contributed by atoms with van der Waals surface area (Å²) in [7, 11) is 0. The van der Waals surface area contributed by atoms with Crippen LogP contribution in [0, 0.1) is 5.92 Å². The average molecular weight is 517 g/mol. The van der Waals surface area contributed by atoms with Gasteiger partial charge in [-0.25, -0.2) is 4.98 Å². The molecule has 7 heteroatoms. The van der Waals surface area contributed by atoms with Gasteiger partial charge in [-0.15, -0.1) is 0 Å². The van der Waals surface area contributed by atoms with Gasteiger partial charge in [0, 0.05) is 42.5 Å². The summed E-state index contributed by atoms with van der Waals surface area (Å²) in [5.41, 5.74) is 3.17. The highest BCUT2D eigenvalue weighted by atomic mass is 16.5. The SMILES string of the molecule is O=C(N[C@H]1CC[C@H](CCN2CCCCC2c2coc3cccc-3c2)CC1)c1ccc(N2CCOCC2)nc1. The molecule has 1 aromatic rings. The van der Waals surface area contributed by atoms with Crippen molar-refractivity contribution in [3.8, 4) is 11.3 Å². The van der Waals surface area contributed by atoms with E-state index < -0.39 is 0 Å². The summed E-state index contributed by atoms with van der Waals surface area (Å²) in [5.74, 6) is 2.63. The number of hydrogen-bond donors (Lipinski definition) is 1. The number of nitrogens with zero attached hydrogens (tertiary/aromatic N) is 3. The first-order valence-corrected chi connectivity index (χ1v) is 14.5. The summed E-state index contributed by atoms with van der Waals surface area (Å²) in [6, 6.07) is 13.1. The van der Waals surface area contributed by atoms with Crippen molar-refractivity contribution in [1.29, 1.82) is 0 Å². The lowest BCUT2D eigenvalue weighted by molar-refractivity contribution is 0.0915. The van der Waals surface area contributed by atoms with Gasteiger partial charge < -0.3 is 19.4 Å². The zero-order valence-electron chi connectivity index (χ0n) is 22.3. The molecule has 202 valence electrons. The van der Waals surface area contributed by atoms with Crippen LogP contribution in [0.15, 0.2) is 53.3 Å². The number of piperidine rings is 1. The quantitative estimate of drug-likeness (QED) is 0.446. The number of hydrogen-bond acceptors (Lipinski definition) is 6. The minimum atomic E-state index is -0.00200. The van der Waals surface area contributed by atoms with Gasteiger partial charge in [0.25, 0.3) is 5.91 Å². The Kier molecular flexibility index (Phi) is 7.93. The summed E-state index contributed by atoms with van der Waals surface area (Å²) in [6.45, 7) is 5.47. The Morgan fingerprint density at radius 1 is 1.00 bits per heavy atom. The summed E-state index contributed by atoms with van der Waals surface area (Å²) >= 11 is 0. The maximum absolute atomic E-state index is 12.9. The molecule has 1 aromatic heterocycles. The van der Waals surface area contributed by atoms with E-state index in [0.717, 1.165) is 63.2 Å². The van der Waals surface area contributed by atoms with Gasteiger partial charge in [-0.3, -0.25) is 9.69 Å². The van der Waals surface area contributed by atoms with Gasteiger partial charge in [-0.05, 0) is 88.2 Å². The Morgan fingerprint density at radius 3 is 2.68 bits per heavy atom. The molecule has 0 radical (unpaired) electrons. The highest BCUT2D eigenvalue weighted by Gasteiger charge is 2.28. The Balaban J connectivity index is 0.965. The standard InChI is InChI=1S/C31H40N4O3/c36-31(25-9-12-30(32-21-25)35-16-18-37-19-17-35)33-27-10-7-23(8-11-27)13-15-34-14-2-1-5-28(34)26-20-24-4-3-6-29(24)38-22-26/h3-4,6,9,12,20-23,27-28H,1-2,5,7-8,10-11,13-19H2,(H,33,36)/t23-,27-,28?. The number of amides is 1. The molecule has 38 heavy (non-hydrogen) atoms. The molecule has 4 heterocycles. The maximum atomic E-state index is 12.9. The predicted molar refractivity (Wildman–Crippen MR) is 149 cm³/mol. The zero-order chi connectivity index (χ0) is 25.7. The smallest absolute Gasteiger partial charge is 0.253 e. The zero-order valence-corrected chi connectivity index (χ0v) is 22.3. The minimum Gasteiger partial charge on any atom is -0.464 e. The lowest BCUT2D eigenvalue weighted by atomic mass is 9.83.